The average molecular weight is 867 g/mol. The van der Waals surface area contributed by atoms with Crippen molar-refractivity contribution in [3.8, 4) is 0 Å². The van der Waals surface area contributed by atoms with E-state index in [0.29, 0.717) is 12.8 Å². The molecule has 0 bridgehead atoms. The first-order chi connectivity index (χ1) is 28.5. The average Bonchev–Trinajstić information content (AvgIpc) is 3.21. The molecule has 0 aromatic carbocycles. The van der Waals surface area contributed by atoms with E-state index < -0.39 is 76.4 Å². The third-order valence-corrected chi connectivity index (χ3v) is 12.2. The van der Waals surface area contributed by atoms with Crippen molar-refractivity contribution >= 4 is 19.8 Å². The first-order valence-corrected chi connectivity index (χ1v) is 25.4. The van der Waals surface area contributed by atoms with Crippen LogP contribution >= 0.6 is 7.82 Å². The Hall–Kier alpha value is -1.15. The topological polar surface area (TPSA) is 199 Å². The Labute approximate surface area is 357 Å². The van der Waals surface area contributed by atoms with E-state index in [0.717, 1.165) is 38.5 Å². The van der Waals surface area contributed by atoms with E-state index in [9.17, 15) is 39.5 Å². The fraction of sp³-hybridized carbons (Fsp3) is 0.956. The Morgan fingerprint density at radius 3 is 1.31 bits per heavy atom. The molecule has 0 aliphatic carbocycles. The highest BCUT2D eigenvalue weighted by Gasteiger charge is 2.47. The lowest BCUT2D eigenvalue weighted by Crippen LogP contribution is -2.58. The molecule has 5 N–H and O–H groups in total. The van der Waals surface area contributed by atoms with E-state index in [1.807, 2.05) is 0 Å². The Bertz CT molecular complexity index is 1050. The van der Waals surface area contributed by atoms with Crippen LogP contribution in [0.1, 0.15) is 219 Å². The minimum atomic E-state index is -5.02. The molecule has 0 radical (unpaired) electrons. The van der Waals surface area contributed by atoms with Gasteiger partial charge in [0, 0.05) is 12.8 Å². The molecule has 3 unspecified atom stereocenters. The molecule has 1 aliphatic heterocycles. The lowest BCUT2D eigenvalue weighted by atomic mass is 10.00. The van der Waals surface area contributed by atoms with Crippen molar-refractivity contribution in [3.05, 3.63) is 0 Å². The smallest absolute Gasteiger partial charge is 0.462 e. The van der Waals surface area contributed by atoms with Gasteiger partial charge in [0.1, 0.15) is 31.0 Å². The lowest BCUT2D eigenvalue weighted by Gasteiger charge is -2.39. The van der Waals surface area contributed by atoms with Crippen molar-refractivity contribution in [2.75, 3.05) is 19.8 Å². The molecule has 13 nitrogen and oxygen atoms in total. The molecule has 0 amide bonds. The van der Waals surface area contributed by atoms with Crippen LogP contribution in [0.15, 0.2) is 0 Å². The van der Waals surface area contributed by atoms with E-state index in [-0.39, 0.29) is 12.8 Å². The van der Waals surface area contributed by atoms with Crippen LogP contribution in [-0.4, -0.2) is 93.9 Å². The summed E-state index contributed by atoms with van der Waals surface area (Å²) in [4.78, 5) is 35.7. The third kappa shape index (κ3) is 30.5. The minimum absolute atomic E-state index is 0.125. The summed E-state index contributed by atoms with van der Waals surface area (Å²) in [5, 5.41) is 39.6. The Kier molecular flexibility index (Phi) is 35.4. The molecule has 1 saturated heterocycles. The number of carbonyl (C=O) groups excluding carboxylic acids is 2. The molecule has 350 valence electrons. The fourth-order valence-corrected chi connectivity index (χ4v) is 8.25. The Balaban J connectivity index is 2.42. The molecule has 1 heterocycles. The zero-order valence-corrected chi connectivity index (χ0v) is 38.1. The molecule has 1 aliphatic rings. The van der Waals surface area contributed by atoms with E-state index >= 15 is 0 Å². The monoisotopic (exact) mass is 867 g/mol. The number of carbonyl (C=O) groups is 2. The van der Waals surface area contributed by atoms with Crippen LogP contribution in [0.5, 0.6) is 0 Å². The van der Waals surface area contributed by atoms with Crippen molar-refractivity contribution in [3.63, 3.8) is 0 Å². The van der Waals surface area contributed by atoms with Crippen molar-refractivity contribution in [2.24, 2.45) is 0 Å². The summed E-state index contributed by atoms with van der Waals surface area (Å²) >= 11 is 0. The number of aliphatic hydroxyl groups is 4. The third-order valence-electron chi connectivity index (χ3n) is 11.2. The number of phosphoric acid groups is 1. The molecular weight excluding hydrogens is 779 g/mol. The maximum Gasteiger partial charge on any atom is 0.474 e. The number of unbranched alkanes of at least 4 members (excludes halogenated alkanes) is 28. The van der Waals surface area contributed by atoms with Crippen molar-refractivity contribution in [1.82, 2.24) is 0 Å². The lowest BCUT2D eigenvalue weighted by molar-refractivity contribution is -0.281. The Morgan fingerprint density at radius 1 is 0.542 bits per heavy atom. The van der Waals surface area contributed by atoms with Gasteiger partial charge in [0.25, 0.3) is 0 Å². The maximum atomic E-state index is 12.8. The second kappa shape index (κ2) is 37.4. The van der Waals surface area contributed by atoms with E-state index in [4.69, 9.17) is 23.3 Å². The maximum absolute atomic E-state index is 12.8. The van der Waals surface area contributed by atoms with Crippen LogP contribution in [0.3, 0.4) is 0 Å². The zero-order chi connectivity index (χ0) is 43.4. The van der Waals surface area contributed by atoms with Crippen molar-refractivity contribution in [1.29, 1.82) is 0 Å². The minimum Gasteiger partial charge on any atom is -0.462 e. The first kappa shape index (κ1) is 55.9. The molecule has 0 aromatic heterocycles. The predicted octanol–water partition coefficient (Wildman–Crippen LogP) is 9.90. The predicted molar refractivity (Wildman–Crippen MR) is 231 cm³/mol. The van der Waals surface area contributed by atoms with Gasteiger partial charge in [0.05, 0.1) is 13.2 Å². The first-order valence-electron chi connectivity index (χ1n) is 23.9. The van der Waals surface area contributed by atoms with E-state index in [1.165, 1.54) is 141 Å². The number of rotatable bonds is 41. The van der Waals surface area contributed by atoms with Gasteiger partial charge in [-0.1, -0.05) is 194 Å². The van der Waals surface area contributed by atoms with Crippen LogP contribution in [0.2, 0.25) is 0 Å². The number of aliphatic hydroxyl groups excluding tert-OH is 4. The highest BCUT2D eigenvalue weighted by Crippen LogP contribution is 2.46. The highest BCUT2D eigenvalue weighted by atomic mass is 31.2. The standard InChI is InChI=1S/C45H87O13P/c1-3-5-7-9-11-13-15-17-19-21-23-25-27-29-31-33-40(47)54-36-38(37-55-59(52,53)58-45-44(51)43(50)42(49)39(35-46)57-45)56-41(48)34-32-30-28-26-24-22-20-18-16-14-12-10-8-6-4-2/h38-39,42-46,49-51H,3-37H2,1-2H3,(H,52,53)/t38-,39-,42-,43?,44?,45+/m1/s1. The molecule has 0 spiro atoms. The van der Waals surface area contributed by atoms with Crippen LogP contribution in [0.25, 0.3) is 0 Å². The summed E-state index contributed by atoms with van der Waals surface area (Å²) in [5.74, 6) is -1.04. The summed E-state index contributed by atoms with van der Waals surface area (Å²) in [6.45, 7) is 2.65. The number of esters is 2. The SMILES string of the molecule is CCCCCCCCCCCCCCCCCC(=O)OC[C@H](COP(=O)(O)O[C@@H]1O[C@H](CO)[C@@H](O)C(O)C1O)OC(=O)CCCCCCCCCCCCCCCCC. The van der Waals surface area contributed by atoms with Gasteiger partial charge < -0.3 is 39.5 Å². The summed E-state index contributed by atoms with van der Waals surface area (Å²) in [6.07, 6.45) is 26.4. The van der Waals surface area contributed by atoms with Crippen LogP contribution in [-0.2, 0) is 37.4 Å². The summed E-state index contributed by atoms with van der Waals surface area (Å²) in [6, 6.07) is 0. The van der Waals surface area contributed by atoms with Gasteiger partial charge in [-0.15, -0.1) is 0 Å². The number of phosphoric ester groups is 1. The molecule has 7 atom stereocenters. The molecule has 1 fully saturated rings. The molecule has 0 saturated carbocycles. The van der Waals surface area contributed by atoms with Gasteiger partial charge in [0.15, 0.2) is 12.4 Å². The van der Waals surface area contributed by atoms with Gasteiger partial charge in [-0.2, -0.15) is 0 Å². The van der Waals surface area contributed by atoms with E-state index in [1.54, 1.807) is 0 Å². The van der Waals surface area contributed by atoms with Crippen molar-refractivity contribution < 1.29 is 62.7 Å². The largest absolute Gasteiger partial charge is 0.474 e. The number of hydrogen-bond donors (Lipinski definition) is 5. The fourth-order valence-electron chi connectivity index (χ4n) is 7.39. The molecule has 1 rings (SSSR count). The molecule has 0 aromatic rings. The molecule has 59 heavy (non-hydrogen) atoms. The zero-order valence-electron chi connectivity index (χ0n) is 37.2. The van der Waals surface area contributed by atoms with Gasteiger partial charge in [-0.3, -0.25) is 18.6 Å². The highest BCUT2D eigenvalue weighted by molar-refractivity contribution is 7.47. The van der Waals surface area contributed by atoms with Gasteiger partial charge in [0.2, 0.25) is 0 Å². The summed E-state index contributed by atoms with van der Waals surface area (Å²) < 4.78 is 38.8. The molecular formula is C45H87O13P. The Morgan fingerprint density at radius 2 is 0.915 bits per heavy atom. The van der Waals surface area contributed by atoms with Crippen molar-refractivity contribution in [2.45, 2.75) is 256 Å². The van der Waals surface area contributed by atoms with Gasteiger partial charge in [-0.25, -0.2) is 4.57 Å². The number of ether oxygens (including phenoxy) is 3. The molecule has 14 heteroatoms. The number of hydrogen-bond acceptors (Lipinski definition) is 12. The van der Waals surface area contributed by atoms with Gasteiger partial charge >= 0.3 is 19.8 Å². The second-order valence-electron chi connectivity index (χ2n) is 16.8. The van der Waals surface area contributed by atoms with Crippen LogP contribution in [0, 0.1) is 0 Å². The normalized spacial score (nSPS) is 21.0. The quantitative estimate of drug-likeness (QED) is 0.0221. The summed E-state index contributed by atoms with van der Waals surface area (Å²) in [7, 11) is -5.02. The van der Waals surface area contributed by atoms with Gasteiger partial charge in [-0.05, 0) is 12.8 Å². The van der Waals surface area contributed by atoms with Crippen LogP contribution < -0.4 is 0 Å². The second-order valence-corrected chi connectivity index (χ2v) is 18.2. The van der Waals surface area contributed by atoms with E-state index in [2.05, 4.69) is 13.8 Å². The van der Waals surface area contributed by atoms with Crippen LogP contribution in [0.4, 0.5) is 0 Å². The summed E-state index contributed by atoms with van der Waals surface area (Å²) in [5.41, 5.74) is 0.